The number of nitrogens with zero attached hydrogens (tertiary/aromatic N) is 2. The van der Waals surface area contributed by atoms with Gasteiger partial charge >= 0.3 is 0 Å². The third kappa shape index (κ3) is 3.76. The molecule has 5 heteroatoms. The van der Waals surface area contributed by atoms with Crippen molar-refractivity contribution in [2.75, 3.05) is 12.4 Å². The summed E-state index contributed by atoms with van der Waals surface area (Å²) in [5.74, 6) is 0.782. The summed E-state index contributed by atoms with van der Waals surface area (Å²) in [6.07, 6.45) is 1.72. The van der Waals surface area contributed by atoms with Crippen molar-refractivity contribution in [3.63, 3.8) is 0 Å². The number of thiazole rings is 1. The molecule has 0 spiro atoms. The van der Waals surface area contributed by atoms with Gasteiger partial charge in [-0.1, -0.05) is 24.3 Å². The van der Waals surface area contributed by atoms with Crippen molar-refractivity contribution in [1.29, 1.82) is 5.26 Å². The number of hydrogen-bond acceptors (Lipinski definition) is 5. The zero-order chi connectivity index (χ0) is 18.5. The minimum absolute atomic E-state index is 0.505. The van der Waals surface area contributed by atoms with Gasteiger partial charge in [0.05, 0.1) is 12.8 Å². The van der Waals surface area contributed by atoms with E-state index in [-0.39, 0.29) is 0 Å². The van der Waals surface area contributed by atoms with Gasteiger partial charge in [0.25, 0.3) is 0 Å². The van der Waals surface area contributed by atoms with Crippen molar-refractivity contribution < 1.29 is 4.74 Å². The van der Waals surface area contributed by atoms with E-state index in [0.717, 1.165) is 28.3 Å². The molecule has 0 fully saturated rings. The Morgan fingerprint density at radius 1 is 1.23 bits per heavy atom. The minimum atomic E-state index is 0.505. The van der Waals surface area contributed by atoms with Crippen LogP contribution in [0.2, 0.25) is 0 Å². The number of aromatic nitrogens is 1. The number of nitriles is 1. The van der Waals surface area contributed by atoms with Crippen molar-refractivity contribution in [1.82, 2.24) is 4.98 Å². The molecule has 0 radical (unpaired) electrons. The lowest BCUT2D eigenvalue weighted by Gasteiger charge is -2.08. The van der Waals surface area contributed by atoms with Gasteiger partial charge in [-0.15, -0.1) is 11.3 Å². The van der Waals surface area contributed by atoms with Gasteiger partial charge < -0.3 is 10.1 Å². The van der Waals surface area contributed by atoms with Crippen molar-refractivity contribution in [2.24, 2.45) is 0 Å². The molecule has 0 unspecified atom stereocenters. The quantitative estimate of drug-likeness (QED) is 0.617. The van der Waals surface area contributed by atoms with Crippen LogP contribution in [0.3, 0.4) is 0 Å². The molecule has 1 heterocycles. The number of benzene rings is 2. The summed E-state index contributed by atoms with van der Waals surface area (Å²) in [7, 11) is 1.64. The SMILES string of the molecule is COc1cccc(-c2csc(C(C#N)=CNc3cccc(C)c3C)n2)c1. The van der Waals surface area contributed by atoms with E-state index in [1.165, 1.54) is 16.9 Å². The summed E-state index contributed by atoms with van der Waals surface area (Å²) < 4.78 is 5.26. The van der Waals surface area contributed by atoms with Gasteiger partial charge in [0, 0.05) is 22.8 Å². The fraction of sp³-hybridized carbons (Fsp3) is 0.143. The van der Waals surface area contributed by atoms with Crippen LogP contribution in [0.1, 0.15) is 16.1 Å². The summed E-state index contributed by atoms with van der Waals surface area (Å²) in [6.45, 7) is 4.12. The van der Waals surface area contributed by atoms with Crippen molar-refractivity contribution in [3.05, 3.63) is 70.2 Å². The molecule has 2 aromatic carbocycles. The van der Waals surface area contributed by atoms with Gasteiger partial charge in [0.15, 0.2) is 0 Å². The van der Waals surface area contributed by atoms with Crippen LogP contribution >= 0.6 is 11.3 Å². The monoisotopic (exact) mass is 361 g/mol. The van der Waals surface area contributed by atoms with Gasteiger partial charge in [-0.3, -0.25) is 0 Å². The Labute approximate surface area is 157 Å². The van der Waals surface area contributed by atoms with Crippen LogP contribution in [-0.4, -0.2) is 12.1 Å². The minimum Gasteiger partial charge on any atom is -0.497 e. The fourth-order valence-electron chi connectivity index (χ4n) is 2.51. The summed E-state index contributed by atoms with van der Waals surface area (Å²) in [5, 5.41) is 15.4. The molecular formula is C21H19N3OS. The van der Waals surface area contributed by atoms with E-state index in [2.05, 4.69) is 36.3 Å². The Balaban J connectivity index is 1.86. The van der Waals surface area contributed by atoms with Gasteiger partial charge in [-0.05, 0) is 43.2 Å². The van der Waals surface area contributed by atoms with Gasteiger partial charge in [0.1, 0.15) is 22.4 Å². The van der Waals surface area contributed by atoms with Crippen LogP contribution in [0.25, 0.3) is 16.8 Å². The largest absolute Gasteiger partial charge is 0.497 e. The first kappa shape index (κ1) is 17.7. The molecule has 1 aromatic heterocycles. The van der Waals surface area contributed by atoms with Crippen LogP contribution in [0, 0.1) is 25.2 Å². The molecule has 0 aliphatic heterocycles. The molecular weight excluding hydrogens is 342 g/mol. The second kappa shape index (κ2) is 7.85. The summed E-state index contributed by atoms with van der Waals surface area (Å²) in [4.78, 5) is 4.61. The second-order valence-electron chi connectivity index (χ2n) is 5.83. The van der Waals surface area contributed by atoms with E-state index >= 15 is 0 Å². The number of aryl methyl sites for hydroxylation is 1. The van der Waals surface area contributed by atoms with E-state index in [1.807, 2.05) is 41.8 Å². The van der Waals surface area contributed by atoms with Crippen molar-refractivity contribution in [2.45, 2.75) is 13.8 Å². The summed E-state index contributed by atoms with van der Waals surface area (Å²) in [5.41, 5.74) is 5.66. The Kier molecular flexibility index (Phi) is 5.35. The molecule has 0 saturated heterocycles. The highest BCUT2D eigenvalue weighted by Gasteiger charge is 2.10. The number of nitrogens with one attached hydrogen (secondary N) is 1. The average Bonchev–Trinajstić information content (AvgIpc) is 3.15. The fourth-order valence-corrected chi connectivity index (χ4v) is 3.31. The molecule has 0 bridgehead atoms. The zero-order valence-corrected chi connectivity index (χ0v) is 15.7. The lowest BCUT2D eigenvalue weighted by Crippen LogP contribution is -1.95. The van der Waals surface area contributed by atoms with Gasteiger partial charge in [-0.25, -0.2) is 4.98 Å². The smallest absolute Gasteiger partial charge is 0.136 e. The van der Waals surface area contributed by atoms with E-state index in [1.54, 1.807) is 13.3 Å². The number of ether oxygens (including phenoxy) is 1. The number of hydrogen-bond donors (Lipinski definition) is 1. The van der Waals surface area contributed by atoms with Crippen LogP contribution in [0.5, 0.6) is 5.75 Å². The molecule has 4 nitrogen and oxygen atoms in total. The molecule has 130 valence electrons. The van der Waals surface area contributed by atoms with Crippen LogP contribution in [0.15, 0.2) is 54.0 Å². The molecule has 3 rings (SSSR count). The van der Waals surface area contributed by atoms with Crippen molar-refractivity contribution in [3.8, 4) is 23.1 Å². The molecule has 1 N–H and O–H groups in total. The zero-order valence-electron chi connectivity index (χ0n) is 14.9. The lowest BCUT2D eigenvalue weighted by molar-refractivity contribution is 0.415. The van der Waals surface area contributed by atoms with E-state index in [9.17, 15) is 5.26 Å². The highest BCUT2D eigenvalue weighted by atomic mass is 32.1. The molecule has 0 amide bonds. The highest BCUT2D eigenvalue weighted by Crippen LogP contribution is 2.28. The molecule has 0 saturated carbocycles. The molecule has 0 atom stereocenters. The first-order valence-electron chi connectivity index (χ1n) is 8.15. The summed E-state index contributed by atoms with van der Waals surface area (Å²) in [6, 6.07) is 16.0. The summed E-state index contributed by atoms with van der Waals surface area (Å²) >= 11 is 1.45. The van der Waals surface area contributed by atoms with Crippen LogP contribution in [0.4, 0.5) is 5.69 Å². The first-order valence-corrected chi connectivity index (χ1v) is 9.03. The first-order chi connectivity index (χ1) is 12.6. The molecule has 0 aliphatic rings. The maximum atomic E-state index is 9.53. The molecule has 0 aliphatic carbocycles. The number of methoxy groups -OCH3 is 1. The Morgan fingerprint density at radius 3 is 2.81 bits per heavy atom. The maximum Gasteiger partial charge on any atom is 0.136 e. The lowest BCUT2D eigenvalue weighted by atomic mass is 10.1. The predicted octanol–water partition coefficient (Wildman–Crippen LogP) is 5.41. The third-order valence-electron chi connectivity index (χ3n) is 4.20. The highest BCUT2D eigenvalue weighted by molar-refractivity contribution is 7.11. The number of allylic oxidation sites excluding steroid dienone is 1. The predicted molar refractivity (Wildman–Crippen MR) is 107 cm³/mol. The standard InChI is InChI=1S/C21H19N3OS/c1-14-6-4-9-19(15(14)2)23-12-17(11-22)21-24-20(13-26-21)16-7-5-8-18(10-16)25-3/h4-10,12-13,23H,1-3H3. The number of anilines is 1. The normalized spacial score (nSPS) is 11.1. The van der Waals surface area contributed by atoms with E-state index < -0.39 is 0 Å². The van der Waals surface area contributed by atoms with E-state index in [4.69, 9.17) is 4.74 Å². The van der Waals surface area contributed by atoms with Gasteiger partial charge in [0.2, 0.25) is 0 Å². The average molecular weight is 361 g/mol. The van der Waals surface area contributed by atoms with Gasteiger partial charge in [-0.2, -0.15) is 5.26 Å². The third-order valence-corrected chi connectivity index (χ3v) is 5.07. The van der Waals surface area contributed by atoms with Crippen LogP contribution in [-0.2, 0) is 0 Å². The molecule has 26 heavy (non-hydrogen) atoms. The second-order valence-corrected chi connectivity index (χ2v) is 6.69. The number of rotatable bonds is 5. The molecule has 3 aromatic rings. The Hall–Kier alpha value is -3.10. The topological polar surface area (TPSA) is 57.9 Å². The van der Waals surface area contributed by atoms with Crippen molar-refractivity contribution >= 4 is 22.6 Å². The Bertz CT molecular complexity index is 998. The van der Waals surface area contributed by atoms with E-state index in [0.29, 0.717) is 10.6 Å². The Morgan fingerprint density at radius 2 is 2.04 bits per heavy atom. The van der Waals surface area contributed by atoms with Crippen LogP contribution < -0.4 is 10.1 Å². The maximum absolute atomic E-state index is 9.53.